The topological polar surface area (TPSA) is 41.6 Å². The molecule has 1 aliphatic rings. The largest absolute Gasteiger partial charge is 0.488 e. The molecular formula is C18H28N2O2. The van der Waals surface area contributed by atoms with Gasteiger partial charge in [0.05, 0.1) is 0 Å². The lowest BCUT2D eigenvalue weighted by Crippen LogP contribution is -2.47. The quantitative estimate of drug-likeness (QED) is 0.929. The Balaban J connectivity index is 1.92. The first-order chi connectivity index (χ1) is 10.2. The minimum Gasteiger partial charge on any atom is -0.488 e. The SMILES string of the molecule is CC(NC1CCC(=O)N(C)C1)c1ccc(OC(C)(C)C)cc1. The first-order valence-corrected chi connectivity index (χ1v) is 8.03. The number of carbonyl (C=O) groups excluding carboxylic acids is 1. The van der Waals surface area contributed by atoms with E-state index in [9.17, 15) is 4.79 Å². The zero-order valence-electron chi connectivity index (χ0n) is 14.3. The van der Waals surface area contributed by atoms with Gasteiger partial charge in [-0.05, 0) is 51.8 Å². The van der Waals surface area contributed by atoms with E-state index in [1.165, 1.54) is 5.56 Å². The van der Waals surface area contributed by atoms with Gasteiger partial charge in [-0.25, -0.2) is 0 Å². The molecule has 0 aliphatic carbocycles. The predicted molar refractivity (Wildman–Crippen MR) is 89.0 cm³/mol. The van der Waals surface area contributed by atoms with Crippen molar-refractivity contribution in [3.05, 3.63) is 29.8 Å². The van der Waals surface area contributed by atoms with Crippen molar-refractivity contribution in [1.29, 1.82) is 0 Å². The third-order valence-electron chi connectivity index (χ3n) is 3.92. The van der Waals surface area contributed by atoms with E-state index in [1.807, 2.05) is 44.9 Å². The standard InChI is InChI=1S/C18H28N2O2/c1-13(19-15-8-11-17(21)20(5)12-15)14-6-9-16(10-7-14)22-18(2,3)4/h6-7,9-10,13,15,19H,8,11-12H2,1-5H3. The van der Waals surface area contributed by atoms with Crippen molar-refractivity contribution in [1.82, 2.24) is 10.2 Å². The average molecular weight is 304 g/mol. The predicted octanol–water partition coefficient (Wildman–Crippen LogP) is 3.14. The monoisotopic (exact) mass is 304 g/mol. The first-order valence-electron chi connectivity index (χ1n) is 8.03. The fraction of sp³-hybridized carbons (Fsp3) is 0.611. The van der Waals surface area contributed by atoms with Crippen LogP contribution in [0.5, 0.6) is 5.75 Å². The van der Waals surface area contributed by atoms with E-state index in [1.54, 1.807) is 0 Å². The van der Waals surface area contributed by atoms with Crippen LogP contribution in [0.1, 0.15) is 52.1 Å². The summed E-state index contributed by atoms with van der Waals surface area (Å²) in [4.78, 5) is 13.3. The molecule has 1 aromatic carbocycles. The number of likely N-dealkylation sites (tertiary alicyclic amines) is 1. The summed E-state index contributed by atoms with van der Waals surface area (Å²) in [6, 6.07) is 8.88. The van der Waals surface area contributed by atoms with E-state index in [2.05, 4.69) is 24.4 Å². The number of likely N-dealkylation sites (N-methyl/N-ethyl adjacent to an activating group) is 1. The molecule has 1 aromatic rings. The Morgan fingerprint density at radius 3 is 2.45 bits per heavy atom. The molecule has 0 radical (unpaired) electrons. The van der Waals surface area contributed by atoms with Crippen molar-refractivity contribution in [2.24, 2.45) is 0 Å². The maximum absolute atomic E-state index is 11.5. The number of nitrogens with one attached hydrogen (secondary N) is 1. The van der Waals surface area contributed by atoms with Gasteiger partial charge in [0.25, 0.3) is 0 Å². The second-order valence-electron chi connectivity index (χ2n) is 7.18. The van der Waals surface area contributed by atoms with Crippen LogP contribution in [0.4, 0.5) is 0 Å². The van der Waals surface area contributed by atoms with Gasteiger partial charge < -0.3 is 15.0 Å². The van der Waals surface area contributed by atoms with Crippen LogP contribution >= 0.6 is 0 Å². The summed E-state index contributed by atoms with van der Waals surface area (Å²) in [6.07, 6.45) is 1.55. The number of amides is 1. The number of carbonyl (C=O) groups is 1. The second-order valence-corrected chi connectivity index (χ2v) is 7.18. The van der Waals surface area contributed by atoms with Crippen molar-refractivity contribution in [3.63, 3.8) is 0 Å². The van der Waals surface area contributed by atoms with E-state index < -0.39 is 0 Å². The highest BCUT2D eigenvalue weighted by Crippen LogP contribution is 2.22. The normalized spacial score (nSPS) is 20.9. The van der Waals surface area contributed by atoms with Crippen molar-refractivity contribution in [2.45, 2.75) is 58.2 Å². The number of rotatable bonds is 4. The van der Waals surface area contributed by atoms with E-state index in [0.717, 1.165) is 18.7 Å². The van der Waals surface area contributed by atoms with Gasteiger partial charge in [-0.15, -0.1) is 0 Å². The van der Waals surface area contributed by atoms with Crippen molar-refractivity contribution in [2.75, 3.05) is 13.6 Å². The number of benzene rings is 1. The Hall–Kier alpha value is -1.55. The number of piperidine rings is 1. The van der Waals surface area contributed by atoms with Crippen molar-refractivity contribution in [3.8, 4) is 5.75 Å². The Morgan fingerprint density at radius 1 is 1.27 bits per heavy atom. The fourth-order valence-electron chi connectivity index (χ4n) is 2.78. The molecule has 122 valence electrons. The Bertz CT molecular complexity index is 505. The minimum absolute atomic E-state index is 0.176. The molecule has 4 heteroatoms. The van der Waals surface area contributed by atoms with E-state index in [4.69, 9.17) is 4.74 Å². The summed E-state index contributed by atoms with van der Waals surface area (Å²) in [7, 11) is 1.87. The van der Waals surface area contributed by atoms with Gasteiger partial charge in [0.2, 0.25) is 5.91 Å². The van der Waals surface area contributed by atoms with Crippen LogP contribution in [0.3, 0.4) is 0 Å². The highest BCUT2D eigenvalue weighted by Gasteiger charge is 2.24. The summed E-state index contributed by atoms with van der Waals surface area (Å²) in [5.41, 5.74) is 1.06. The molecule has 0 spiro atoms. The summed E-state index contributed by atoms with van der Waals surface area (Å²) < 4.78 is 5.85. The molecule has 2 unspecified atom stereocenters. The van der Waals surface area contributed by atoms with Gasteiger partial charge in [0, 0.05) is 32.1 Å². The molecule has 1 amide bonds. The van der Waals surface area contributed by atoms with Crippen molar-refractivity contribution >= 4 is 5.91 Å². The molecule has 2 rings (SSSR count). The number of hydrogen-bond donors (Lipinski definition) is 1. The molecule has 1 heterocycles. The molecule has 22 heavy (non-hydrogen) atoms. The second kappa shape index (κ2) is 6.69. The molecule has 1 fully saturated rings. The molecule has 0 saturated carbocycles. The smallest absolute Gasteiger partial charge is 0.222 e. The van der Waals surface area contributed by atoms with Crippen molar-refractivity contribution < 1.29 is 9.53 Å². The summed E-state index contributed by atoms with van der Waals surface area (Å²) in [5.74, 6) is 1.14. The third-order valence-corrected chi connectivity index (χ3v) is 3.92. The van der Waals surface area contributed by atoms with Crippen LogP contribution in [-0.4, -0.2) is 36.0 Å². The molecule has 0 bridgehead atoms. The van der Waals surface area contributed by atoms with Crippen LogP contribution in [0.25, 0.3) is 0 Å². The first kappa shape index (κ1) is 16.8. The molecule has 2 atom stereocenters. The van der Waals surface area contributed by atoms with Gasteiger partial charge in [-0.2, -0.15) is 0 Å². The van der Waals surface area contributed by atoms with Gasteiger partial charge in [0.15, 0.2) is 0 Å². The Morgan fingerprint density at radius 2 is 1.91 bits per heavy atom. The Labute approximate surface area is 133 Å². The zero-order chi connectivity index (χ0) is 16.3. The summed E-state index contributed by atoms with van der Waals surface area (Å²) >= 11 is 0. The van der Waals surface area contributed by atoms with E-state index >= 15 is 0 Å². The van der Waals surface area contributed by atoms with Crippen LogP contribution in [0.15, 0.2) is 24.3 Å². The molecule has 1 N–H and O–H groups in total. The number of nitrogens with zero attached hydrogens (tertiary/aromatic N) is 1. The molecular weight excluding hydrogens is 276 g/mol. The van der Waals surface area contributed by atoms with E-state index in [0.29, 0.717) is 12.5 Å². The third kappa shape index (κ3) is 4.73. The van der Waals surface area contributed by atoms with Gasteiger partial charge >= 0.3 is 0 Å². The lowest BCUT2D eigenvalue weighted by atomic mass is 10.0. The lowest BCUT2D eigenvalue weighted by Gasteiger charge is -2.32. The minimum atomic E-state index is -0.176. The number of hydrogen-bond acceptors (Lipinski definition) is 3. The maximum Gasteiger partial charge on any atom is 0.222 e. The van der Waals surface area contributed by atoms with E-state index in [-0.39, 0.29) is 17.6 Å². The van der Waals surface area contributed by atoms with Gasteiger partial charge in [0.1, 0.15) is 11.4 Å². The molecule has 1 saturated heterocycles. The number of ether oxygens (including phenoxy) is 1. The lowest BCUT2D eigenvalue weighted by molar-refractivity contribution is -0.132. The molecule has 1 aliphatic heterocycles. The van der Waals surface area contributed by atoms with Crippen LogP contribution in [-0.2, 0) is 4.79 Å². The highest BCUT2D eigenvalue weighted by atomic mass is 16.5. The van der Waals surface area contributed by atoms with Crippen LogP contribution < -0.4 is 10.1 Å². The fourth-order valence-corrected chi connectivity index (χ4v) is 2.78. The van der Waals surface area contributed by atoms with Gasteiger partial charge in [-0.3, -0.25) is 4.79 Å². The summed E-state index contributed by atoms with van der Waals surface area (Å²) in [6.45, 7) is 9.09. The maximum atomic E-state index is 11.5. The molecule has 4 nitrogen and oxygen atoms in total. The average Bonchev–Trinajstić information content (AvgIpc) is 2.42. The van der Waals surface area contributed by atoms with Crippen LogP contribution in [0, 0.1) is 0 Å². The van der Waals surface area contributed by atoms with Crippen LogP contribution in [0.2, 0.25) is 0 Å². The Kier molecular flexibility index (Phi) is 5.12. The molecule has 0 aromatic heterocycles. The summed E-state index contributed by atoms with van der Waals surface area (Å²) in [5, 5.41) is 3.62. The zero-order valence-corrected chi connectivity index (χ0v) is 14.3. The van der Waals surface area contributed by atoms with Gasteiger partial charge in [-0.1, -0.05) is 12.1 Å². The highest BCUT2D eigenvalue weighted by molar-refractivity contribution is 5.76.